The van der Waals surface area contributed by atoms with Crippen LogP contribution in [0.25, 0.3) is 28.2 Å². The van der Waals surface area contributed by atoms with Gasteiger partial charge in [0.2, 0.25) is 0 Å². The van der Waals surface area contributed by atoms with Crippen molar-refractivity contribution in [1.82, 2.24) is 24.8 Å². The van der Waals surface area contributed by atoms with Crippen molar-refractivity contribution in [3.05, 3.63) is 52.1 Å². The quantitative estimate of drug-likeness (QED) is 0.591. The number of aromatic amines is 1. The van der Waals surface area contributed by atoms with Gasteiger partial charge in [-0.15, -0.1) is 5.10 Å². The van der Waals surface area contributed by atoms with E-state index in [2.05, 4.69) is 15.3 Å². The van der Waals surface area contributed by atoms with Crippen LogP contribution in [0.15, 0.2) is 39.5 Å². The Kier molecular flexibility index (Phi) is 3.78. The fourth-order valence-electron chi connectivity index (χ4n) is 3.84. The summed E-state index contributed by atoms with van der Waals surface area (Å²) in [4.78, 5) is 20.0. The van der Waals surface area contributed by atoms with Gasteiger partial charge in [-0.3, -0.25) is 9.89 Å². The number of rotatable bonds is 3. The predicted octanol–water partition coefficient (Wildman–Crippen LogP) is 2.96. The summed E-state index contributed by atoms with van der Waals surface area (Å²) in [6.45, 7) is 5.53. The first-order valence-electron chi connectivity index (χ1n) is 9.39. The Morgan fingerprint density at radius 3 is 2.54 bits per heavy atom. The molecule has 0 radical (unpaired) electrons. The molecule has 8 heteroatoms. The number of fused-ring (bicyclic) bond motifs is 1. The summed E-state index contributed by atoms with van der Waals surface area (Å²) in [7, 11) is 0. The Morgan fingerprint density at radius 1 is 1.04 bits per heavy atom. The number of aryl methyl sites for hydroxylation is 2. The summed E-state index contributed by atoms with van der Waals surface area (Å²) >= 11 is 0. The molecule has 0 spiro atoms. The van der Waals surface area contributed by atoms with Gasteiger partial charge >= 0.3 is 6.01 Å². The molecule has 1 fully saturated rings. The maximum atomic E-state index is 13.2. The highest BCUT2D eigenvalue weighted by Gasteiger charge is 2.24. The molecule has 1 aliphatic rings. The zero-order chi connectivity index (χ0) is 19.3. The molecule has 0 bridgehead atoms. The maximum absolute atomic E-state index is 13.2. The van der Waals surface area contributed by atoms with Crippen molar-refractivity contribution < 1.29 is 4.42 Å². The monoisotopic (exact) mass is 376 g/mol. The standard InChI is InChI=1S/C20H20N6O2/c1-12-16(18-22-23-20(28-18)25-10-6-7-11-25)19(27)26-17(21-12)15(13(2)24-26)14-8-4-3-5-9-14/h3-5,8-9,24H,6-7,10-11H2,1-2H3. The third-order valence-corrected chi connectivity index (χ3v) is 5.21. The Hall–Kier alpha value is -3.42. The van der Waals surface area contributed by atoms with Crippen LogP contribution in [0.3, 0.4) is 0 Å². The summed E-state index contributed by atoms with van der Waals surface area (Å²) in [5.74, 6) is 0.208. The summed E-state index contributed by atoms with van der Waals surface area (Å²) in [5.41, 5.74) is 4.03. The highest BCUT2D eigenvalue weighted by molar-refractivity contribution is 5.80. The lowest BCUT2D eigenvalue weighted by atomic mass is 10.1. The van der Waals surface area contributed by atoms with Gasteiger partial charge in [-0.2, -0.15) is 0 Å². The number of anilines is 1. The largest absolute Gasteiger partial charge is 0.403 e. The van der Waals surface area contributed by atoms with Crippen LogP contribution in [0, 0.1) is 13.8 Å². The van der Waals surface area contributed by atoms with E-state index in [1.807, 2.05) is 42.2 Å². The van der Waals surface area contributed by atoms with Gasteiger partial charge in [-0.1, -0.05) is 35.4 Å². The van der Waals surface area contributed by atoms with Crippen LogP contribution in [0.4, 0.5) is 6.01 Å². The zero-order valence-corrected chi connectivity index (χ0v) is 15.8. The van der Waals surface area contributed by atoms with Crippen LogP contribution >= 0.6 is 0 Å². The Balaban J connectivity index is 1.67. The van der Waals surface area contributed by atoms with Gasteiger partial charge in [-0.05, 0) is 32.3 Å². The van der Waals surface area contributed by atoms with Gasteiger partial charge in [0.15, 0.2) is 5.65 Å². The van der Waals surface area contributed by atoms with E-state index in [0.29, 0.717) is 22.9 Å². The molecule has 1 saturated heterocycles. The Morgan fingerprint density at radius 2 is 1.79 bits per heavy atom. The topological polar surface area (TPSA) is 92.3 Å². The van der Waals surface area contributed by atoms with E-state index < -0.39 is 0 Å². The number of benzene rings is 1. The van der Waals surface area contributed by atoms with E-state index in [1.54, 1.807) is 6.92 Å². The molecule has 5 rings (SSSR count). The second-order valence-corrected chi connectivity index (χ2v) is 7.10. The molecule has 0 saturated carbocycles. The number of H-pyrrole nitrogens is 1. The minimum absolute atomic E-state index is 0.208. The van der Waals surface area contributed by atoms with E-state index >= 15 is 0 Å². The highest BCUT2D eigenvalue weighted by Crippen LogP contribution is 2.29. The smallest absolute Gasteiger partial charge is 0.318 e. The summed E-state index contributed by atoms with van der Waals surface area (Å²) in [5, 5.41) is 11.4. The molecule has 8 nitrogen and oxygen atoms in total. The molecule has 1 aromatic carbocycles. The van der Waals surface area contributed by atoms with Crippen LogP contribution in [0.2, 0.25) is 0 Å². The number of hydrogen-bond donors (Lipinski definition) is 1. The molecular formula is C20H20N6O2. The third kappa shape index (κ3) is 2.52. The minimum atomic E-state index is -0.246. The number of nitrogens with one attached hydrogen (secondary N) is 1. The Labute approximate surface area is 160 Å². The highest BCUT2D eigenvalue weighted by atomic mass is 16.4. The van der Waals surface area contributed by atoms with E-state index in [4.69, 9.17) is 9.40 Å². The van der Waals surface area contributed by atoms with Crippen molar-refractivity contribution in [2.24, 2.45) is 0 Å². The van der Waals surface area contributed by atoms with Gasteiger partial charge in [-0.25, -0.2) is 9.50 Å². The second kappa shape index (κ2) is 6.33. The molecule has 4 heterocycles. The third-order valence-electron chi connectivity index (χ3n) is 5.21. The van der Waals surface area contributed by atoms with Crippen molar-refractivity contribution in [3.8, 4) is 22.6 Å². The molecule has 1 N–H and O–H groups in total. The van der Waals surface area contributed by atoms with Gasteiger partial charge in [0.05, 0.1) is 5.69 Å². The Bertz CT molecular complexity index is 1210. The molecule has 142 valence electrons. The first kappa shape index (κ1) is 16.7. The fraction of sp³-hybridized carbons (Fsp3) is 0.300. The first-order valence-corrected chi connectivity index (χ1v) is 9.39. The molecule has 0 atom stereocenters. The van der Waals surface area contributed by atoms with Crippen LogP contribution < -0.4 is 10.5 Å². The lowest BCUT2D eigenvalue weighted by Crippen LogP contribution is -2.19. The van der Waals surface area contributed by atoms with Crippen LogP contribution in [-0.2, 0) is 0 Å². The number of aromatic nitrogens is 5. The summed E-state index contributed by atoms with van der Waals surface area (Å²) in [6, 6.07) is 10.4. The normalized spacial score (nSPS) is 14.3. The number of nitrogens with zero attached hydrogens (tertiary/aromatic N) is 5. The van der Waals surface area contributed by atoms with Crippen molar-refractivity contribution in [2.75, 3.05) is 18.0 Å². The molecule has 1 aliphatic heterocycles. The zero-order valence-electron chi connectivity index (χ0n) is 15.8. The fourth-order valence-corrected chi connectivity index (χ4v) is 3.84. The lowest BCUT2D eigenvalue weighted by molar-refractivity contribution is 0.555. The molecule has 3 aromatic heterocycles. The maximum Gasteiger partial charge on any atom is 0.318 e. The summed E-state index contributed by atoms with van der Waals surface area (Å²) in [6.07, 6.45) is 2.22. The molecule has 0 amide bonds. The lowest BCUT2D eigenvalue weighted by Gasteiger charge is -2.09. The summed E-state index contributed by atoms with van der Waals surface area (Å²) < 4.78 is 7.28. The van der Waals surface area contributed by atoms with Crippen molar-refractivity contribution in [1.29, 1.82) is 0 Å². The molecule has 0 unspecified atom stereocenters. The van der Waals surface area contributed by atoms with Crippen LogP contribution in [-0.4, -0.2) is 37.9 Å². The second-order valence-electron chi connectivity index (χ2n) is 7.10. The van der Waals surface area contributed by atoms with Gasteiger partial charge in [0.1, 0.15) is 5.56 Å². The van der Waals surface area contributed by atoms with Crippen LogP contribution in [0.1, 0.15) is 24.2 Å². The molecule has 4 aromatic rings. The molecular weight excluding hydrogens is 356 g/mol. The van der Waals surface area contributed by atoms with Gasteiger partial charge < -0.3 is 9.32 Å². The van der Waals surface area contributed by atoms with E-state index in [0.717, 1.165) is 42.8 Å². The minimum Gasteiger partial charge on any atom is -0.403 e. The molecule has 28 heavy (non-hydrogen) atoms. The van der Waals surface area contributed by atoms with E-state index in [9.17, 15) is 4.79 Å². The van der Waals surface area contributed by atoms with Gasteiger partial charge in [0, 0.05) is 24.3 Å². The van der Waals surface area contributed by atoms with E-state index in [1.165, 1.54) is 4.52 Å². The average molecular weight is 376 g/mol. The van der Waals surface area contributed by atoms with E-state index in [-0.39, 0.29) is 11.4 Å². The number of hydrogen-bond acceptors (Lipinski definition) is 6. The van der Waals surface area contributed by atoms with Crippen LogP contribution in [0.5, 0.6) is 0 Å². The molecule has 0 aliphatic carbocycles. The average Bonchev–Trinajstić information content (AvgIpc) is 3.42. The van der Waals surface area contributed by atoms with Crippen molar-refractivity contribution >= 4 is 11.7 Å². The van der Waals surface area contributed by atoms with Crippen molar-refractivity contribution in [2.45, 2.75) is 26.7 Å². The SMILES string of the molecule is Cc1nc2c(-c3ccccc3)c(C)[nH]n2c(=O)c1-c1nnc(N2CCCC2)o1. The predicted molar refractivity (Wildman–Crippen MR) is 105 cm³/mol. The van der Waals surface area contributed by atoms with Crippen molar-refractivity contribution in [3.63, 3.8) is 0 Å². The first-order chi connectivity index (χ1) is 13.6. The van der Waals surface area contributed by atoms with Gasteiger partial charge in [0.25, 0.3) is 11.4 Å².